The Morgan fingerprint density at radius 1 is 1.28 bits per heavy atom. The topological polar surface area (TPSA) is 80.0 Å². The Labute approximate surface area is 173 Å². The third-order valence-electron chi connectivity index (χ3n) is 4.79. The summed E-state index contributed by atoms with van der Waals surface area (Å²) in [6.07, 6.45) is 3.98. The predicted molar refractivity (Wildman–Crippen MR) is 112 cm³/mol. The molecule has 0 fully saturated rings. The largest absolute Gasteiger partial charge is 0.394 e. The fraction of sp³-hybridized carbons (Fsp3) is 0.286. The molecule has 0 radical (unpaired) electrons. The molecule has 152 valence electrons. The van der Waals surface area contributed by atoms with Gasteiger partial charge in [-0.05, 0) is 43.2 Å². The number of aromatic nitrogens is 3. The molecule has 0 saturated carbocycles. The van der Waals surface area contributed by atoms with Gasteiger partial charge in [-0.3, -0.25) is 4.79 Å². The number of halogens is 2. The summed E-state index contributed by atoms with van der Waals surface area (Å²) in [6, 6.07) is 8.98. The van der Waals surface area contributed by atoms with Crippen LogP contribution in [0.15, 0.2) is 53.6 Å². The van der Waals surface area contributed by atoms with Crippen LogP contribution in [0.4, 0.5) is 10.3 Å². The molecule has 0 saturated heterocycles. The first kappa shape index (κ1) is 21.0. The molecule has 1 aromatic carbocycles. The Hall–Kier alpha value is -2.77. The lowest BCUT2D eigenvalue weighted by atomic mass is 10.1. The lowest BCUT2D eigenvalue weighted by Crippen LogP contribution is -2.24. The van der Waals surface area contributed by atoms with Gasteiger partial charge in [-0.25, -0.2) is 14.4 Å². The maximum Gasteiger partial charge on any atom is 0.251 e. The summed E-state index contributed by atoms with van der Waals surface area (Å²) < 4.78 is 15.3. The maximum atomic E-state index is 13.8. The highest BCUT2D eigenvalue weighted by molar-refractivity contribution is 6.30. The van der Waals surface area contributed by atoms with Crippen LogP contribution >= 0.6 is 11.6 Å². The van der Waals surface area contributed by atoms with E-state index in [2.05, 4.69) is 15.3 Å². The Balaban J connectivity index is 1.88. The van der Waals surface area contributed by atoms with Crippen LogP contribution in [0.25, 0.3) is 11.3 Å². The second-order valence-electron chi connectivity index (χ2n) is 6.71. The molecule has 29 heavy (non-hydrogen) atoms. The van der Waals surface area contributed by atoms with Gasteiger partial charge < -0.3 is 15.0 Å². The van der Waals surface area contributed by atoms with Crippen LogP contribution in [-0.4, -0.2) is 32.3 Å². The van der Waals surface area contributed by atoms with Crippen molar-refractivity contribution < 1.29 is 9.50 Å². The number of aliphatic hydroxyl groups is 1. The number of nitrogens with one attached hydrogen (secondary N) is 1. The average Bonchev–Trinajstić information content (AvgIpc) is 2.73. The fourth-order valence-corrected chi connectivity index (χ4v) is 3.07. The van der Waals surface area contributed by atoms with Gasteiger partial charge in [0.1, 0.15) is 5.82 Å². The highest BCUT2D eigenvalue weighted by atomic mass is 35.5. The Bertz CT molecular complexity index is 1050. The van der Waals surface area contributed by atoms with Gasteiger partial charge in [0.25, 0.3) is 5.56 Å². The fourth-order valence-electron chi connectivity index (χ4n) is 2.95. The summed E-state index contributed by atoms with van der Waals surface area (Å²) >= 11 is 5.74. The number of anilines is 1. The zero-order valence-electron chi connectivity index (χ0n) is 16.1. The van der Waals surface area contributed by atoms with Crippen LogP contribution in [0.5, 0.6) is 0 Å². The van der Waals surface area contributed by atoms with Crippen LogP contribution in [0, 0.1) is 5.82 Å². The van der Waals surface area contributed by atoms with Crippen LogP contribution in [0.3, 0.4) is 0 Å². The quantitative estimate of drug-likeness (QED) is 0.610. The van der Waals surface area contributed by atoms with Crippen molar-refractivity contribution >= 4 is 17.5 Å². The smallest absolute Gasteiger partial charge is 0.251 e. The van der Waals surface area contributed by atoms with Gasteiger partial charge in [0.15, 0.2) is 0 Å². The van der Waals surface area contributed by atoms with E-state index in [1.54, 1.807) is 30.6 Å². The molecule has 0 aliphatic rings. The van der Waals surface area contributed by atoms with Crippen molar-refractivity contribution in [2.45, 2.75) is 32.4 Å². The van der Waals surface area contributed by atoms with Crippen molar-refractivity contribution in [3.8, 4) is 11.3 Å². The van der Waals surface area contributed by atoms with E-state index in [0.717, 1.165) is 6.42 Å². The first-order chi connectivity index (χ1) is 13.9. The van der Waals surface area contributed by atoms with Gasteiger partial charge in [-0.1, -0.05) is 24.6 Å². The number of aliphatic hydroxyl groups excluding tert-OH is 1. The summed E-state index contributed by atoms with van der Waals surface area (Å²) in [4.78, 5) is 21.3. The standard InChI is InChI=1S/C21H22ClFN4O2/c1-3-16(12-28)25-21-24-8-6-19(26-21)15-7-9-27(20(29)11-15)13(2)14-4-5-17(22)18(23)10-14/h4-11,13,16,28H,3,12H2,1-2H3,(H,24,25,26)/t13-,16-/m0/s1. The Morgan fingerprint density at radius 3 is 2.72 bits per heavy atom. The number of hydrogen-bond donors (Lipinski definition) is 2. The number of rotatable bonds is 7. The highest BCUT2D eigenvalue weighted by Gasteiger charge is 2.13. The molecular weight excluding hydrogens is 395 g/mol. The molecule has 8 heteroatoms. The molecule has 0 bridgehead atoms. The van der Waals surface area contributed by atoms with E-state index in [1.165, 1.54) is 22.8 Å². The van der Waals surface area contributed by atoms with E-state index >= 15 is 0 Å². The Morgan fingerprint density at radius 2 is 2.07 bits per heavy atom. The zero-order valence-corrected chi connectivity index (χ0v) is 16.9. The van der Waals surface area contributed by atoms with Gasteiger partial charge >= 0.3 is 0 Å². The number of hydrogen-bond acceptors (Lipinski definition) is 5. The molecule has 2 N–H and O–H groups in total. The van der Waals surface area contributed by atoms with Crippen LogP contribution < -0.4 is 10.9 Å². The van der Waals surface area contributed by atoms with Crippen molar-refractivity contribution in [3.63, 3.8) is 0 Å². The molecule has 2 atom stereocenters. The third kappa shape index (κ3) is 4.81. The summed E-state index contributed by atoms with van der Waals surface area (Å²) in [6.45, 7) is 3.74. The van der Waals surface area contributed by atoms with Crippen LogP contribution in [0.2, 0.25) is 5.02 Å². The van der Waals surface area contributed by atoms with Gasteiger partial charge in [0, 0.05) is 24.0 Å². The van der Waals surface area contributed by atoms with E-state index in [9.17, 15) is 14.3 Å². The lowest BCUT2D eigenvalue weighted by molar-refractivity contribution is 0.271. The van der Waals surface area contributed by atoms with Crippen LogP contribution in [-0.2, 0) is 0 Å². The molecule has 0 amide bonds. The van der Waals surface area contributed by atoms with E-state index in [4.69, 9.17) is 11.6 Å². The third-order valence-corrected chi connectivity index (χ3v) is 5.10. The number of pyridine rings is 1. The normalized spacial score (nSPS) is 13.1. The predicted octanol–water partition coefficient (Wildman–Crippen LogP) is 3.89. The second-order valence-corrected chi connectivity index (χ2v) is 7.12. The molecule has 6 nitrogen and oxygen atoms in total. The van der Waals surface area contributed by atoms with E-state index < -0.39 is 5.82 Å². The monoisotopic (exact) mass is 416 g/mol. The van der Waals surface area contributed by atoms with Crippen LogP contribution in [0.1, 0.15) is 31.9 Å². The van der Waals surface area contributed by atoms with E-state index in [1.807, 2.05) is 13.8 Å². The molecule has 0 unspecified atom stereocenters. The molecule has 3 rings (SSSR count). The number of nitrogens with zero attached hydrogens (tertiary/aromatic N) is 3. The molecular formula is C21H22ClFN4O2. The summed E-state index contributed by atoms with van der Waals surface area (Å²) in [7, 11) is 0. The van der Waals surface area contributed by atoms with Crippen molar-refractivity contribution in [1.29, 1.82) is 0 Å². The molecule has 2 aromatic heterocycles. The van der Waals surface area contributed by atoms with Gasteiger partial charge in [-0.2, -0.15) is 0 Å². The van der Waals surface area contributed by atoms with Crippen molar-refractivity contribution in [2.24, 2.45) is 0 Å². The Kier molecular flexibility index (Phi) is 6.61. The lowest BCUT2D eigenvalue weighted by Gasteiger charge is -2.17. The average molecular weight is 417 g/mol. The van der Waals surface area contributed by atoms with E-state index in [-0.39, 0.29) is 29.3 Å². The number of benzene rings is 1. The minimum atomic E-state index is -0.519. The summed E-state index contributed by atoms with van der Waals surface area (Å²) in [5, 5.41) is 12.4. The highest BCUT2D eigenvalue weighted by Crippen LogP contribution is 2.23. The van der Waals surface area contributed by atoms with Crippen molar-refractivity contribution in [2.75, 3.05) is 11.9 Å². The molecule has 0 aliphatic carbocycles. The van der Waals surface area contributed by atoms with Gasteiger partial charge in [-0.15, -0.1) is 0 Å². The SMILES string of the molecule is CC[C@@H](CO)Nc1nccc(-c2ccn([C@@H](C)c3ccc(Cl)c(F)c3)c(=O)c2)n1. The molecule has 0 aliphatic heterocycles. The van der Waals surface area contributed by atoms with Crippen molar-refractivity contribution in [3.05, 3.63) is 75.5 Å². The molecule has 2 heterocycles. The summed E-state index contributed by atoms with van der Waals surface area (Å²) in [5.41, 5.74) is 1.64. The zero-order chi connectivity index (χ0) is 21.0. The first-order valence-corrected chi connectivity index (χ1v) is 9.68. The van der Waals surface area contributed by atoms with E-state index in [0.29, 0.717) is 22.8 Å². The minimum Gasteiger partial charge on any atom is -0.394 e. The molecule has 0 spiro atoms. The maximum absolute atomic E-state index is 13.8. The minimum absolute atomic E-state index is 0.0245. The van der Waals surface area contributed by atoms with Gasteiger partial charge in [0.05, 0.1) is 29.4 Å². The summed E-state index contributed by atoms with van der Waals surface area (Å²) in [5.74, 6) is -0.132. The van der Waals surface area contributed by atoms with Gasteiger partial charge in [0.2, 0.25) is 5.95 Å². The first-order valence-electron chi connectivity index (χ1n) is 9.31. The second kappa shape index (κ2) is 9.15. The molecule has 3 aromatic rings. The van der Waals surface area contributed by atoms with Crippen molar-refractivity contribution in [1.82, 2.24) is 14.5 Å².